The van der Waals surface area contributed by atoms with Gasteiger partial charge in [-0.3, -0.25) is 0 Å². The fourth-order valence-corrected chi connectivity index (χ4v) is 2.79. The van der Waals surface area contributed by atoms with Gasteiger partial charge < -0.3 is 10.6 Å². The third-order valence-electron chi connectivity index (χ3n) is 4.10. The summed E-state index contributed by atoms with van der Waals surface area (Å²) in [6.07, 6.45) is 0.945. The number of nitrogens with zero attached hydrogens (tertiary/aromatic N) is 3. The predicted molar refractivity (Wildman–Crippen MR) is 80.4 cm³/mol. The largest absolute Gasteiger partial charge is 0.355 e. The lowest BCUT2D eigenvalue weighted by molar-refractivity contribution is 0.381. The minimum atomic E-state index is 0.247. The summed E-state index contributed by atoms with van der Waals surface area (Å²) in [5.74, 6) is 1.22. The van der Waals surface area contributed by atoms with E-state index in [-0.39, 0.29) is 6.04 Å². The summed E-state index contributed by atoms with van der Waals surface area (Å²) in [4.78, 5) is 6.89. The summed E-state index contributed by atoms with van der Waals surface area (Å²) in [5.41, 5.74) is 7.65. The first-order valence-corrected chi connectivity index (χ1v) is 6.99. The Morgan fingerprint density at radius 1 is 1.40 bits per heavy atom. The van der Waals surface area contributed by atoms with Gasteiger partial charge in [-0.25, -0.2) is 4.98 Å². The van der Waals surface area contributed by atoms with E-state index in [1.54, 1.807) is 0 Å². The standard InChI is InChI=1S/C16H18N4/c1-11-10-20(7-6-14(11)18)16-13(9-17)8-12-4-2-3-5-15(12)19-16/h2-5,8,11,14H,6-7,10,18H2,1H3. The summed E-state index contributed by atoms with van der Waals surface area (Å²) < 4.78 is 0. The highest BCUT2D eigenvalue weighted by atomic mass is 15.2. The van der Waals surface area contributed by atoms with Gasteiger partial charge in [0.05, 0.1) is 11.1 Å². The third kappa shape index (κ3) is 2.21. The monoisotopic (exact) mass is 266 g/mol. The van der Waals surface area contributed by atoms with Gasteiger partial charge in [-0.15, -0.1) is 0 Å². The molecule has 102 valence electrons. The molecular weight excluding hydrogens is 248 g/mol. The molecule has 2 atom stereocenters. The maximum atomic E-state index is 9.39. The summed E-state index contributed by atoms with van der Waals surface area (Å²) in [5, 5.41) is 10.4. The smallest absolute Gasteiger partial charge is 0.147 e. The van der Waals surface area contributed by atoms with Crippen molar-refractivity contribution in [2.75, 3.05) is 18.0 Å². The van der Waals surface area contributed by atoms with Crippen LogP contribution in [-0.4, -0.2) is 24.1 Å². The minimum absolute atomic E-state index is 0.247. The second kappa shape index (κ2) is 5.10. The van der Waals surface area contributed by atoms with E-state index < -0.39 is 0 Å². The molecule has 1 aromatic carbocycles. The average Bonchev–Trinajstić information content (AvgIpc) is 2.48. The van der Waals surface area contributed by atoms with Gasteiger partial charge in [-0.05, 0) is 24.5 Å². The van der Waals surface area contributed by atoms with E-state index in [0.29, 0.717) is 11.5 Å². The molecule has 1 fully saturated rings. The topological polar surface area (TPSA) is 65.9 Å². The maximum Gasteiger partial charge on any atom is 0.147 e. The average molecular weight is 266 g/mol. The molecule has 0 aliphatic carbocycles. The Bertz CT molecular complexity index is 674. The highest BCUT2D eigenvalue weighted by molar-refractivity contribution is 5.83. The Kier molecular flexibility index (Phi) is 3.29. The quantitative estimate of drug-likeness (QED) is 0.860. The Hall–Kier alpha value is -2.12. The number of aromatic nitrogens is 1. The second-order valence-electron chi connectivity index (χ2n) is 5.54. The molecule has 1 aromatic heterocycles. The van der Waals surface area contributed by atoms with Crippen molar-refractivity contribution >= 4 is 16.7 Å². The van der Waals surface area contributed by atoms with Crippen LogP contribution in [0, 0.1) is 17.2 Å². The van der Waals surface area contributed by atoms with Gasteiger partial charge in [0, 0.05) is 24.5 Å². The van der Waals surface area contributed by atoms with Crippen LogP contribution in [0.3, 0.4) is 0 Å². The SMILES string of the molecule is CC1CN(c2nc3ccccc3cc2C#N)CCC1N. The number of benzene rings is 1. The zero-order valence-electron chi connectivity index (χ0n) is 11.6. The number of hydrogen-bond acceptors (Lipinski definition) is 4. The van der Waals surface area contributed by atoms with Gasteiger partial charge >= 0.3 is 0 Å². The Labute approximate surface area is 118 Å². The van der Waals surface area contributed by atoms with Gasteiger partial charge in [-0.1, -0.05) is 25.1 Å². The van der Waals surface area contributed by atoms with Crippen LogP contribution in [0.25, 0.3) is 10.9 Å². The number of para-hydroxylation sites is 1. The molecule has 2 unspecified atom stereocenters. The van der Waals surface area contributed by atoms with Gasteiger partial charge in [-0.2, -0.15) is 5.26 Å². The lowest BCUT2D eigenvalue weighted by atomic mass is 9.94. The number of fused-ring (bicyclic) bond motifs is 1. The van der Waals surface area contributed by atoms with Crippen molar-refractivity contribution in [3.8, 4) is 6.07 Å². The molecule has 4 heteroatoms. The first kappa shape index (κ1) is 12.9. The zero-order chi connectivity index (χ0) is 14.1. The van der Waals surface area contributed by atoms with Crippen LogP contribution in [-0.2, 0) is 0 Å². The van der Waals surface area contributed by atoms with Crippen molar-refractivity contribution < 1.29 is 0 Å². The van der Waals surface area contributed by atoms with Crippen LogP contribution in [0.2, 0.25) is 0 Å². The molecule has 2 heterocycles. The molecular formula is C16H18N4. The third-order valence-corrected chi connectivity index (χ3v) is 4.10. The number of rotatable bonds is 1. The van der Waals surface area contributed by atoms with Crippen molar-refractivity contribution in [1.82, 2.24) is 4.98 Å². The minimum Gasteiger partial charge on any atom is -0.355 e. The summed E-state index contributed by atoms with van der Waals surface area (Å²) in [6, 6.07) is 12.4. The molecule has 0 amide bonds. The van der Waals surface area contributed by atoms with Gasteiger partial charge in [0.1, 0.15) is 11.9 Å². The highest BCUT2D eigenvalue weighted by Crippen LogP contribution is 2.26. The molecule has 3 rings (SSSR count). The lowest BCUT2D eigenvalue weighted by Crippen LogP contribution is -2.46. The zero-order valence-corrected chi connectivity index (χ0v) is 11.6. The molecule has 0 spiro atoms. The van der Waals surface area contributed by atoms with Crippen molar-refractivity contribution in [1.29, 1.82) is 5.26 Å². The summed E-state index contributed by atoms with van der Waals surface area (Å²) >= 11 is 0. The Morgan fingerprint density at radius 3 is 2.95 bits per heavy atom. The van der Waals surface area contributed by atoms with Crippen molar-refractivity contribution in [3.05, 3.63) is 35.9 Å². The van der Waals surface area contributed by atoms with E-state index in [1.165, 1.54) is 0 Å². The number of nitriles is 1. The van der Waals surface area contributed by atoms with Crippen LogP contribution in [0.4, 0.5) is 5.82 Å². The molecule has 1 saturated heterocycles. The van der Waals surface area contributed by atoms with Crippen LogP contribution in [0.5, 0.6) is 0 Å². The maximum absolute atomic E-state index is 9.39. The van der Waals surface area contributed by atoms with Crippen molar-refractivity contribution in [2.45, 2.75) is 19.4 Å². The summed E-state index contributed by atoms with van der Waals surface area (Å²) in [7, 11) is 0. The van der Waals surface area contributed by atoms with Crippen LogP contribution in [0.1, 0.15) is 18.9 Å². The number of hydrogen-bond donors (Lipinski definition) is 1. The molecule has 0 radical (unpaired) electrons. The molecule has 4 nitrogen and oxygen atoms in total. The van der Waals surface area contributed by atoms with E-state index >= 15 is 0 Å². The van der Waals surface area contributed by atoms with Crippen LogP contribution >= 0.6 is 0 Å². The number of pyridine rings is 1. The fourth-order valence-electron chi connectivity index (χ4n) is 2.79. The van der Waals surface area contributed by atoms with Gasteiger partial charge in [0.2, 0.25) is 0 Å². The highest BCUT2D eigenvalue weighted by Gasteiger charge is 2.25. The van der Waals surface area contributed by atoms with Gasteiger partial charge in [0.25, 0.3) is 0 Å². The molecule has 2 aromatic rings. The predicted octanol–water partition coefficient (Wildman–Crippen LogP) is 2.28. The number of piperidine rings is 1. The first-order chi connectivity index (χ1) is 9.69. The Morgan fingerprint density at radius 2 is 2.20 bits per heavy atom. The molecule has 1 aliphatic heterocycles. The number of nitrogens with two attached hydrogens (primary N) is 1. The van der Waals surface area contributed by atoms with E-state index in [4.69, 9.17) is 10.7 Å². The van der Waals surface area contributed by atoms with Crippen molar-refractivity contribution in [3.63, 3.8) is 0 Å². The first-order valence-electron chi connectivity index (χ1n) is 6.99. The molecule has 0 bridgehead atoms. The molecule has 2 N–H and O–H groups in total. The van der Waals surface area contributed by atoms with E-state index in [0.717, 1.165) is 36.2 Å². The fraction of sp³-hybridized carbons (Fsp3) is 0.375. The summed E-state index contributed by atoms with van der Waals surface area (Å²) in [6.45, 7) is 3.89. The lowest BCUT2D eigenvalue weighted by Gasteiger charge is -2.36. The van der Waals surface area contributed by atoms with E-state index in [1.807, 2.05) is 30.3 Å². The molecule has 20 heavy (non-hydrogen) atoms. The normalized spacial score (nSPS) is 22.8. The Balaban J connectivity index is 2.04. The molecule has 0 saturated carbocycles. The van der Waals surface area contributed by atoms with E-state index in [9.17, 15) is 5.26 Å². The number of anilines is 1. The van der Waals surface area contributed by atoms with Crippen molar-refractivity contribution in [2.24, 2.45) is 11.7 Å². The second-order valence-corrected chi connectivity index (χ2v) is 5.54. The molecule has 1 aliphatic rings. The van der Waals surface area contributed by atoms with E-state index in [2.05, 4.69) is 17.9 Å². The van der Waals surface area contributed by atoms with Crippen LogP contribution in [0.15, 0.2) is 30.3 Å². The van der Waals surface area contributed by atoms with Gasteiger partial charge in [0.15, 0.2) is 0 Å². The van der Waals surface area contributed by atoms with Crippen LogP contribution < -0.4 is 10.6 Å².